The van der Waals surface area contributed by atoms with Crippen LogP contribution in [0.2, 0.25) is 0 Å². The maximum atomic E-state index is 5.45. The Kier molecular flexibility index (Phi) is 1.59. The summed E-state index contributed by atoms with van der Waals surface area (Å²) in [6.07, 6.45) is 1.49. The summed E-state index contributed by atoms with van der Waals surface area (Å²) in [5.41, 5.74) is 12.4. The van der Waals surface area contributed by atoms with Gasteiger partial charge < -0.3 is 16.5 Å². The molecule has 0 amide bonds. The SMILES string of the molecule is NC(=S)c1nc(N)nc2nc[nH]c12. The maximum Gasteiger partial charge on any atom is 0.222 e. The largest absolute Gasteiger partial charge is 0.388 e. The highest BCUT2D eigenvalue weighted by Crippen LogP contribution is 2.11. The van der Waals surface area contributed by atoms with Crippen molar-refractivity contribution in [3.8, 4) is 0 Å². The van der Waals surface area contributed by atoms with Crippen molar-refractivity contribution >= 4 is 34.3 Å². The van der Waals surface area contributed by atoms with Crippen LogP contribution < -0.4 is 11.5 Å². The highest BCUT2D eigenvalue weighted by molar-refractivity contribution is 7.80. The molecule has 0 bridgehead atoms. The lowest BCUT2D eigenvalue weighted by molar-refractivity contribution is 1.20. The quantitative estimate of drug-likeness (QED) is 0.532. The number of H-pyrrole nitrogens is 1. The van der Waals surface area contributed by atoms with Crippen LogP contribution in [0.5, 0.6) is 0 Å². The minimum absolute atomic E-state index is 0.113. The molecule has 0 aliphatic heterocycles. The number of anilines is 1. The highest BCUT2D eigenvalue weighted by Gasteiger charge is 2.09. The van der Waals surface area contributed by atoms with Crippen molar-refractivity contribution in [3.05, 3.63) is 12.0 Å². The molecule has 0 saturated carbocycles. The summed E-state index contributed by atoms with van der Waals surface area (Å²) in [6, 6.07) is 0. The van der Waals surface area contributed by atoms with Crippen LogP contribution in [0.3, 0.4) is 0 Å². The predicted octanol–water partition coefficient (Wildman–Crippen LogP) is -0.431. The van der Waals surface area contributed by atoms with E-state index in [0.717, 1.165) is 0 Å². The molecular weight excluding hydrogens is 188 g/mol. The monoisotopic (exact) mass is 194 g/mol. The number of thiocarbonyl (C=S) groups is 1. The van der Waals surface area contributed by atoms with E-state index < -0.39 is 0 Å². The first-order chi connectivity index (χ1) is 6.18. The van der Waals surface area contributed by atoms with Crippen molar-refractivity contribution in [2.24, 2.45) is 5.73 Å². The molecule has 0 aromatic carbocycles. The standard InChI is InChI=1S/C6H6N6S/c7-4(13)2-3-5(10-1-9-3)12-6(8)11-2/h1H,(H2,7,13)(H3,8,9,10,11,12). The molecule has 0 atom stereocenters. The van der Waals surface area contributed by atoms with Crippen LogP contribution in [-0.4, -0.2) is 24.9 Å². The minimum atomic E-state index is 0.113. The van der Waals surface area contributed by atoms with Crippen molar-refractivity contribution in [2.45, 2.75) is 0 Å². The van der Waals surface area contributed by atoms with E-state index in [1.165, 1.54) is 6.33 Å². The van der Waals surface area contributed by atoms with Gasteiger partial charge in [0.05, 0.1) is 6.33 Å². The van der Waals surface area contributed by atoms with Crippen molar-refractivity contribution in [1.29, 1.82) is 0 Å². The molecular formula is C6H6N6S. The fourth-order valence-corrected chi connectivity index (χ4v) is 1.18. The summed E-state index contributed by atoms with van der Waals surface area (Å²) in [6.45, 7) is 0. The normalized spacial score (nSPS) is 10.5. The van der Waals surface area contributed by atoms with Crippen LogP contribution in [0.15, 0.2) is 6.33 Å². The summed E-state index contributed by atoms with van der Waals surface area (Å²) >= 11 is 4.80. The third kappa shape index (κ3) is 1.18. The lowest BCUT2D eigenvalue weighted by Gasteiger charge is -1.99. The number of aromatic amines is 1. The molecule has 0 spiro atoms. The molecule has 2 rings (SSSR count). The Bertz CT molecular complexity index is 475. The Morgan fingerprint density at radius 1 is 1.46 bits per heavy atom. The number of fused-ring (bicyclic) bond motifs is 1. The van der Waals surface area contributed by atoms with Crippen molar-refractivity contribution < 1.29 is 0 Å². The van der Waals surface area contributed by atoms with Gasteiger partial charge in [0.25, 0.3) is 0 Å². The molecule has 6 nitrogen and oxygen atoms in total. The van der Waals surface area contributed by atoms with Gasteiger partial charge in [0.2, 0.25) is 5.95 Å². The Hall–Kier alpha value is -1.76. The van der Waals surface area contributed by atoms with E-state index in [1.807, 2.05) is 0 Å². The number of hydrogen-bond acceptors (Lipinski definition) is 5. The van der Waals surface area contributed by atoms with Crippen molar-refractivity contribution in [2.75, 3.05) is 5.73 Å². The molecule has 66 valence electrons. The smallest absolute Gasteiger partial charge is 0.222 e. The van der Waals surface area contributed by atoms with Gasteiger partial charge in [-0.05, 0) is 0 Å². The van der Waals surface area contributed by atoms with E-state index in [0.29, 0.717) is 16.9 Å². The van der Waals surface area contributed by atoms with Gasteiger partial charge in [-0.2, -0.15) is 4.98 Å². The summed E-state index contributed by atoms with van der Waals surface area (Å²) < 4.78 is 0. The topological polar surface area (TPSA) is 106 Å². The molecule has 0 aliphatic rings. The average molecular weight is 194 g/mol. The molecule has 0 radical (unpaired) electrons. The molecule has 13 heavy (non-hydrogen) atoms. The van der Waals surface area contributed by atoms with E-state index in [9.17, 15) is 0 Å². The van der Waals surface area contributed by atoms with Crippen LogP contribution in [-0.2, 0) is 0 Å². The predicted molar refractivity (Wildman–Crippen MR) is 52.0 cm³/mol. The number of aromatic nitrogens is 4. The Balaban J connectivity index is 2.84. The molecule has 0 unspecified atom stereocenters. The van der Waals surface area contributed by atoms with Crippen LogP contribution in [0.1, 0.15) is 5.69 Å². The van der Waals surface area contributed by atoms with E-state index in [2.05, 4.69) is 19.9 Å². The summed E-state index contributed by atoms with van der Waals surface area (Å²) in [4.78, 5) is 14.7. The van der Waals surface area contributed by atoms with Gasteiger partial charge in [-0.25, -0.2) is 9.97 Å². The van der Waals surface area contributed by atoms with Crippen LogP contribution in [0.4, 0.5) is 5.95 Å². The maximum absolute atomic E-state index is 5.45. The highest BCUT2D eigenvalue weighted by atomic mass is 32.1. The van der Waals surface area contributed by atoms with E-state index in [1.54, 1.807) is 0 Å². The van der Waals surface area contributed by atoms with Gasteiger partial charge >= 0.3 is 0 Å². The number of nitrogens with two attached hydrogens (primary N) is 2. The summed E-state index contributed by atoms with van der Waals surface area (Å²) in [7, 11) is 0. The number of hydrogen-bond donors (Lipinski definition) is 3. The van der Waals surface area contributed by atoms with Crippen LogP contribution in [0, 0.1) is 0 Å². The van der Waals surface area contributed by atoms with Gasteiger partial charge in [-0.1, -0.05) is 12.2 Å². The van der Waals surface area contributed by atoms with E-state index in [4.69, 9.17) is 23.7 Å². The first kappa shape index (κ1) is 7.87. The molecule has 5 N–H and O–H groups in total. The number of rotatable bonds is 1. The zero-order chi connectivity index (χ0) is 9.42. The van der Waals surface area contributed by atoms with Crippen LogP contribution in [0.25, 0.3) is 11.2 Å². The second kappa shape index (κ2) is 2.63. The lowest BCUT2D eigenvalue weighted by Crippen LogP contribution is -2.14. The zero-order valence-electron chi connectivity index (χ0n) is 6.48. The fraction of sp³-hybridized carbons (Fsp3) is 0. The summed E-state index contributed by atoms with van der Waals surface area (Å²) in [5.74, 6) is 0.113. The van der Waals surface area contributed by atoms with Gasteiger partial charge in [0, 0.05) is 0 Å². The third-order valence-corrected chi connectivity index (χ3v) is 1.73. The Morgan fingerprint density at radius 3 is 2.92 bits per heavy atom. The fourth-order valence-electron chi connectivity index (χ4n) is 1.03. The van der Waals surface area contributed by atoms with E-state index >= 15 is 0 Å². The number of nitrogens with one attached hydrogen (secondary N) is 1. The number of imidazole rings is 1. The van der Waals surface area contributed by atoms with Gasteiger partial charge in [-0.15, -0.1) is 0 Å². The van der Waals surface area contributed by atoms with Crippen molar-refractivity contribution in [1.82, 2.24) is 19.9 Å². The molecule has 7 heteroatoms. The third-order valence-electron chi connectivity index (χ3n) is 1.54. The molecule has 2 aromatic rings. The first-order valence-corrected chi connectivity index (χ1v) is 3.85. The van der Waals surface area contributed by atoms with E-state index in [-0.39, 0.29) is 10.9 Å². The summed E-state index contributed by atoms with van der Waals surface area (Å²) in [5, 5.41) is 0. The number of nitrogen functional groups attached to an aromatic ring is 1. The van der Waals surface area contributed by atoms with Crippen LogP contribution >= 0.6 is 12.2 Å². The van der Waals surface area contributed by atoms with Crippen molar-refractivity contribution in [3.63, 3.8) is 0 Å². The molecule has 2 aromatic heterocycles. The second-order valence-corrected chi connectivity index (χ2v) is 2.84. The molecule has 0 aliphatic carbocycles. The number of nitrogens with zero attached hydrogens (tertiary/aromatic N) is 3. The second-order valence-electron chi connectivity index (χ2n) is 2.40. The van der Waals surface area contributed by atoms with Gasteiger partial charge in [-0.3, -0.25) is 0 Å². The molecule has 2 heterocycles. The first-order valence-electron chi connectivity index (χ1n) is 3.45. The lowest BCUT2D eigenvalue weighted by atomic mass is 10.3. The average Bonchev–Trinajstić information content (AvgIpc) is 2.49. The van der Waals surface area contributed by atoms with Gasteiger partial charge in [0.1, 0.15) is 16.2 Å². The van der Waals surface area contributed by atoms with Gasteiger partial charge in [0.15, 0.2) is 5.65 Å². The Labute approximate surface area is 78.4 Å². The molecule has 0 saturated heterocycles. The minimum Gasteiger partial charge on any atom is -0.388 e. The Morgan fingerprint density at radius 2 is 2.23 bits per heavy atom. The molecule has 0 fully saturated rings. The zero-order valence-corrected chi connectivity index (χ0v) is 7.30.